The molecular weight excluding hydrogens is 378 g/mol. The standard InChI is InChI=1S/C17H18Cl4O2/c1-16-6-3-7-17(2,15(22)23)9(16)5-4-8-10(16)12(19)14(21)13(20)11(8)18/h9H,3-7H2,1-2H3,(H,22,23)/t9?,16-,17+/m0/s1. The Labute approximate surface area is 156 Å². The average molecular weight is 396 g/mol. The second-order valence-electron chi connectivity index (χ2n) is 7.19. The Bertz CT molecular complexity index is 703. The van der Waals surface area contributed by atoms with Crippen molar-refractivity contribution in [3.8, 4) is 0 Å². The fourth-order valence-electron chi connectivity index (χ4n) is 4.86. The van der Waals surface area contributed by atoms with Crippen molar-refractivity contribution in [3.63, 3.8) is 0 Å². The summed E-state index contributed by atoms with van der Waals surface area (Å²) in [5.74, 6) is -0.737. The molecule has 2 aliphatic carbocycles. The molecule has 0 aromatic heterocycles. The number of halogens is 4. The summed E-state index contributed by atoms with van der Waals surface area (Å²) in [5, 5.41) is 11.3. The molecule has 0 saturated heterocycles. The third kappa shape index (κ3) is 2.33. The van der Waals surface area contributed by atoms with Crippen molar-refractivity contribution in [2.24, 2.45) is 11.3 Å². The zero-order valence-corrected chi connectivity index (χ0v) is 16.0. The minimum atomic E-state index is -0.757. The molecule has 23 heavy (non-hydrogen) atoms. The Kier molecular flexibility index (Phi) is 4.37. The first-order valence-corrected chi connectivity index (χ1v) is 9.24. The van der Waals surface area contributed by atoms with Crippen molar-refractivity contribution in [2.45, 2.75) is 51.4 Å². The van der Waals surface area contributed by atoms with Gasteiger partial charge in [0.05, 0.1) is 25.5 Å². The summed E-state index contributed by atoms with van der Waals surface area (Å²) in [6, 6.07) is 0. The summed E-state index contributed by atoms with van der Waals surface area (Å²) in [6.07, 6.45) is 3.84. The number of aliphatic carboxylic acids is 1. The molecule has 3 rings (SSSR count). The Morgan fingerprint density at radius 1 is 1.04 bits per heavy atom. The highest BCUT2D eigenvalue weighted by atomic mass is 35.5. The van der Waals surface area contributed by atoms with E-state index in [0.717, 1.165) is 30.4 Å². The highest BCUT2D eigenvalue weighted by Gasteiger charge is 2.56. The second kappa shape index (κ2) is 5.69. The predicted molar refractivity (Wildman–Crippen MR) is 95.2 cm³/mol. The van der Waals surface area contributed by atoms with E-state index < -0.39 is 11.4 Å². The van der Waals surface area contributed by atoms with Crippen LogP contribution in [0.3, 0.4) is 0 Å². The first-order valence-electron chi connectivity index (χ1n) is 7.73. The topological polar surface area (TPSA) is 37.3 Å². The van der Waals surface area contributed by atoms with Gasteiger partial charge in [0.15, 0.2) is 0 Å². The molecule has 0 aliphatic heterocycles. The van der Waals surface area contributed by atoms with Crippen molar-refractivity contribution in [2.75, 3.05) is 0 Å². The third-order valence-electron chi connectivity index (χ3n) is 6.04. The lowest BCUT2D eigenvalue weighted by atomic mass is 9.50. The molecule has 1 aromatic rings. The quantitative estimate of drug-likeness (QED) is 0.441. The molecule has 0 heterocycles. The SMILES string of the molecule is C[C@@]1(C(=O)O)CCC[C@]2(C)c3c(Cl)c(Cl)c(Cl)c(Cl)c3CCC12. The molecule has 2 nitrogen and oxygen atoms in total. The van der Waals surface area contributed by atoms with Crippen LogP contribution < -0.4 is 0 Å². The normalized spacial score (nSPS) is 33.0. The molecule has 1 fully saturated rings. The number of fused-ring (bicyclic) bond motifs is 3. The molecule has 0 radical (unpaired) electrons. The van der Waals surface area contributed by atoms with Crippen LogP contribution in [0.5, 0.6) is 0 Å². The van der Waals surface area contributed by atoms with Gasteiger partial charge in [0.2, 0.25) is 0 Å². The predicted octanol–water partition coefficient (Wildman–Crippen LogP) is 6.40. The molecule has 1 saturated carbocycles. The van der Waals surface area contributed by atoms with Crippen molar-refractivity contribution in [1.82, 2.24) is 0 Å². The Morgan fingerprint density at radius 3 is 2.26 bits per heavy atom. The Morgan fingerprint density at radius 2 is 1.65 bits per heavy atom. The number of carboxylic acid groups (broad SMARTS) is 1. The van der Waals surface area contributed by atoms with Gasteiger partial charge in [-0.05, 0) is 55.1 Å². The molecule has 0 bridgehead atoms. The second-order valence-corrected chi connectivity index (χ2v) is 8.71. The van der Waals surface area contributed by atoms with Crippen LogP contribution in [0.2, 0.25) is 20.1 Å². The van der Waals surface area contributed by atoms with Crippen LogP contribution in [0.4, 0.5) is 0 Å². The molecule has 6 heteroatoms. The minimum absolute atomic E-state index is 0.000408. The Hall–Kier alpha value is -0.150. The van der Waals surface area contributed by atoms with Gasteiger partial charge < -0.3 is 5.11 Å². The van der Waals surface area contributed by atoms with E-state index in [4.69, 9.17) is 46.4 Å². The average Bonchev–Trinajstić information content (AvgIpc) is 2.49. The maximum absolute atomic E-state index is 12.0. The molecule has 1 unspecified atom stereocenters. The van der Waals surface area contributed by atoms with Crippen LogP contribution in [0, 0.1) is 11.3 Å². The maximum atomic E-state index is 12.0. The van der Waals surface area contributed by atoms with Crippen molar-refractivity contribution in [3.05, 3.63) is 31.2 Å². The molecule has 126 valence electrons. The van der Waals surface area contributed by atoms with Crippen LogP contribution >= 0.6 is 46.4 Å². The molecule has 1 aromatic carbocycles. The summed E-state index contributed by atoms with van der Waals surface area (Å²) in [5.41, 5.74) is 0.724. The van der Waals surface area contributed by atoms with Crippen molar-refractivity contribution < 1.29 is 9.90 Å². The van der Waals surface area contributed by atoms with Crippen LogP contribution in [-0.4, -0.2) is 11.1 Å². The van der Waals surface area contributed by atoms with E-state index in [2.05, 4.69) is 6.92 Å². The van der Waals surface area contributed by atoms with Crippen molar-refractivity contribution >= 4 is 52.4 Å². The molecule has 0 spiro atoms. The summed E-state index contributed by atoms with van der Waals surface area (Å²) >= 11 is 25.5. The van der Waals surface area contributed by atoms with Crippen molar-refractivity contribution in [1.29, 1.82) is 0 Å². The molecular formula is C17H18Cl4O2. The lowest BCUT2D eigenvalue weighted by Gasteiger charge is -2.54. The minimum Gasteiger partial charge on any atom is -0.481 e. The van der Waals surface area contributed by atoms with E-state index in [0.29, 0.717) is 22.9 Å². The highest BCUT2D eigenvalue weighted by Crippen LogP contribution is 2.61. The van der Waals surface area contributed by atoms with Gasteiger partial charge in [-0.1, -0.05) is 59.7 Å². The first kappa shape index (κ1) is 17.7. The van der Waals surface area contributed by atoms with Gasteiger partial charge in [-0.15, -0.1) is 0 Å². The monoisotopic (exact) mass is 394 g/mol. The molecule has 0 amide bonds. The highest BCUT2D eigenvalue weighted by molar-refractivity contribution is 6.52. The van der Waals surface area contributed by atoms with E-state index in [-0.39, 0.29) is 21.4 Å². The zero-order chi connectivity index (χ0) is 17.2. The van der Waals surface area contributed by atoms with Gasteiger partial charge in [0.25, 0.3) is 0 Å². The van der Waals surface area contributed by atoms with E-state index in [1.54, 1.807) is 0 Å². The summed E-state index contributed by atoms with van der Waals surface area (Å²) in [4.78, 5) is 12.0. The third-order valence-corrected chi connectivity index (χ3v) is 7.88. The van der Waals surface area contributed by atoms with Crippen LogP contribution in [0.1, 0.15) is 50.7 Å². The van der Waals surface area contributed by atoms with E-state index >= 15 is 0 Å². The summed E-state index contributed by atoms with van der Waals surface area (Å²) in [6.45, 7) is 3.96. The van der Waals surface area contributed by atoms with Crippen LogP contribution in [0.15, 0.2) is 0 Å². The maximum Gasteiger partial charge on any atom is 0.309 e. The smallest absolute Gasteiger partial charge is 0.309 e. The van der Waals surface area contributed by atoms with Gasteiger partial charge in [0, 0.05) is 0 Å². The molecule has 2 aliphatic rings. The fourth-order valence-corrected chi connectivity index (χ4v) is 6.06. The molecule has 1 N–H and O–H groups in total. The Balaban J connectivity index is 2.27. The lowest BCUT2D eigenvalue weighted by Crippen LogP contribution is -2.52. The molecule has 3 atom stereocenters. The zero-order valence-electron chi connectivity index (χ0n) is 13.0. The van der Waals surface area contributed by atoms with Gasteiger partial charge in [0.1, 0.15) is 0 Å². The van der Waals surface area contributed by atoms with Gasteiger partial charge in [-0.3, -0.25) is 4.79 Å². The van der Waals surface area contributed by atoms with E-state index in [1.807, 2.05) is 6.92 Å². The largest absolute Gasteiger partial charge is 0.481 e. The number of hydrogen-bond donors (Lipinski definition) is 1. The van der Waals surface area contributed by atoms with Crippen LogP contribution in [0.25, 0.3) is 0 Å². The van der Waals surface area contributed by atoms with E-state index in [9.17, 15) is 9.90 Å². The van der Waals surface area contributed by atoms with Crippen LogP contribution in [-0.2, 0) is 16.6 Å². The number of hydrogen-bond acceptors (Lipinski definition) is 1. The summed E-state index contributed by atoms with van der Waals surface area (Å²) < 4.78 is 0. The number of carbonyl (C=O) groups is 1. The lowest BCUT2D eigenvalue weighted by molar-refractivity contribution is -0.157. The first-order chi connectivity index (χ1) is 10.6. The number of rotatable bonds is 1. The van der Waals surface area contributed by atoms with Gasteiger partial charge >= 0.3 is 5.97 Å². The summed E-state index contributed by atoms with van der Waals surface area (Å²) in [7, 11) is 0. The number of carboxylic acids is 1. The van der Waals surface area contributed by atoms with E-state index in [1.165, 1.54) is 0 Å². The number of benzene rings is 1. The van der Waals surface area contributed by atoms with Gasteiger partial charge in [-0.25, -0.2) is 0 Å². The fraction of sp³-hybridized carbons (Fsp3) is 0.588. The van der Waals surface area contributed by atoms with Gasteiger partial charge in [-0.2, -0.15) is 0 Å².